The zero-order valence-electron chi connectivity index (χ0n) is 17.4. The molecule has 0 aliphatic rings. The van der Waals surface area contributed by atoms with Gasteiger partial charge in [-0.05, 0) is 44.7 Å². The zero-order valence-corrected chi connectivity index (χ0v) is 17.4. The molecule has 0 saturated carbocycles. The highest BCUT2D eigenvalue weighted by molar-refractivity contribution is 5.88. The van der Waals surface area contributed by atoms with Gasteiger partial charge in [-0.2, -0.15) is 0 Å². The van der Waals surface area contributed by atoms with E-state index in [1.807, 2.05) is 76.2 Å². The second-order valence-corrected chi connectivity index (χ2v) is 8.15. The number of carbonyl (C=O) groups is 2. The molecule has 0 unspecified atom stereocenters. The van der Waals surface area contributed by atoms with E-state index < -0.39 is 6.04 Å². The van der Waals surface area contributed by atoms with Crippen LogP contribution in [0.15, 0.2) is 60.7 Å². The van der Waals surface area contributed by atoms with Crippen molar-refractivity contribution in [3.63, 3.8) is 0 Å². The summed E-state index contributed by atoms with van der Waals surface area (Å²) in [5.74, 6) is -0.109. The minimum atomic E-state index is -0.473. The van der Waals surface area contributed by atoms with Gasteiger partial charge in [0.1, 0.15) is 6.04 Å². The fraction of sp³-hybridized carbons (Fsp3) is 0.417. The standard InChI is InChI=1S/C24H32N2O2/c1-5-21(23(28)25-24(2,3)4)26(17-16-19-12-8-6-9-13-19)22(27)18-20-14-10-7-11-15-20/h6-15,21H,5,16-18H2,1-4H3,(H,25,28)/t21-/m0/s1. The number of rotatable bonds is 8. The summed E-state index contributed by atoms with van der Waals surface area (Å²) in [7, 11) is 0. The topological polar surface area (TPSA) is 49.4 Å². The highest BCUT2D eigenvalue weighted by Gasteiger charge is 2.30. The summed E-state index contributed by atoms with van der Waals surface area (Å²) in [4.78, 5) is 27.8. The molecule has 0 bridgehead atoms. The lowest BCUT2D eigenvalue weighted by Crippen LogP contribution is -2.54. The Bertz CT molecular complexity index is 751. The van der Waals surface area contributed by atoms with Crippen LogP contribution in [-0.4, -0.2) is 34.8 Å². The first-order valence-corrected chi connectivity index (χ1v) is 9.99. The molecule has 2 aromatic carbocycles. The predicted octanol–water partition coefficient (Wildman–Crippen LogP) is 3.99. The first kappa shape index (κ1) is 21.7. The van der Waals surface area contributed by atoms with Gasteiger partial charge in [0, 0.05) is 12.1 Å². The van der Waals surface area contributed by atoms with Gasteiger partial charge in [0.15, 0.2) is 0 Å². The van der Waals surface area contributed by atoms with Crippen molar-refractivity contribution in [3.8, 4) is 0 Å². The van der Waals surface area contributed by atoms with Crippen LogP contribution in [0.1, 0.15) is 45.2 Å². The van der Waals surface area contributed by atoms with Crippen molar-refractivity contribution in [2.45, 2.75) is 58.5 Å². The van der Waals surface area contributed by atoms with Crippen LogP contribution in [0.3, 0.4) is 0 Å². The van der Waals surface area contributed by atoms with Gasteiger partial charge >= 0.3 is 0 Å². The van der Waals surface area contributed by atoms with Gasteiger partial charge in [-0.25, -0.2) is 0 Å². The molecule has 150 valence electrons. The maximum Gasteiger partial charge on any atom is 0.243 e. The molecule has 0 aliphatic carbocycles. The Morgan fingerprint density at radius 3 is 1.96 bits per heavy atom. The van der Waals surface area contributed by atoms with Crippen molar-refractivity contribution in [1.82, 2.24) is 10.2 Å². The highest BCUT2D eigenvalue weighted by Crippen LogP contribution is 2.13. The summed E-state index contributed by atoms with van der Waals surface area (Å²) in [5.41, 5.74) is 1.78. The minimum absolute atomic E-state index is 0.0157. The molecule has 0 aromatic heterocycles. The fourth-order valence-electron chi connectivity index (χ4n) is 3.22. The Balaban J connectivity index is 2.19. The maximum absolute atomic E-state index is 13.2. The van der Waals surface area contributed by atoms with Crippen LogP contribution in [0.2, 0.25) is 0 Å². The molecule has 0 saturated heterocycles. The molecule has 0 heterocycles. The summed E-state index contributed by atoms with van der Waals surface area (Å²) in [6.07, 6.45) is 1.60. The minimum Gasteiger partial charge on any atom is -0.350 e. The molecular weight excluding hydrogens is 348 g/mol. The average molecular weight is 381 g/mol. The number of amides is 2. The van der Waals surface area contributed by atoms with Gasteiger partial charge in [-0.3, -0.25) is 9.59 Å². The van der Waals surface area contributed by atoms with Gasteiger partial charge in [0.25, 0.3) is 0 Å². The largest absolute Gasteiger partial charge is 0.350 e. The van der Waals surface area contributed by atoms with Gasteiger partial charge in [-0.15, -0.1) is 0 Å². The third-order valence-electron chi connectivity index (χ3n) is 4.57. The van der Waals surface area contributed by atoms with Crippen molar-refractivity contribution in [1.29, 1.82) is 0 Å². The number of benzene rings is 2. The van der Waals surface area contributed by atoms with E-state index in [1.54, 1.807) is 4.90 Å². The van der Waals surface area contributed by atoms with E-state index in [-0.39, 0.29) is 17.4 Å². The molecule has 2 amide bonds. The summed E-state index contributed by atoms with van der Waals surface area (Å²) >= 11 is 0. The van der Waals surface area contributed by atoms with Crippen LogP contribution in [-0.2, 0) is 22.4 Å². The smallest absolute Gasteiger partial charge is 0.243 e. The molecule has 0 aliphatic heterocycles. The SMILES string of the molecule is CC[C@@H](C(=O)NC(C)(C)C)N(CCc1ccccc1)C(=O)Cc1ccccc1. The van der Waals surface area contributed by atoms with Crippen LogP contribution in [0.4, 0.5) is 0 Å². The molecule has 0 radical (unpaired) electrons. The van der Waals surface area contributed by atoms with Gasteiger partial charge in [-0.1, -0.05) is 67.6 Å². The normalized spacial score (nSPS) is 12.3. The van der Waals surface area contributed by atoms with Gasteiger partial charge < -0.3 is 10.2 Å². The third-order valence-corrected chi connectivity index (χ3v) is 4.57. The van der Waals surface area contributed by atoms with E-state index in [0.29, 0.717) is 19.4 Å². The van der Waals surface area contributed by atoms with E-state index >= 15 is 0 Å². The van der Waals surface area contributed by atoms with Crippen LogP contribution < -0.4 is 5.32 Å². The molecule has 28 heavy (non-hydrogen) atoms. The average Bonchev–Trinajstić information content (AvgIpc) is 2.65. The Kier molecular flexibility index (Phi) is 7.80. The van der Waals surface area contributed by atoms with Gasteiger partial charge in [0.05, 0.1) is 6.42 Å². The molecule has 0 spiro atoms. The first-order valence-electron chi connectivity index (χ1n) is 9.99. The molecular formula is C24H32N2O2. The van der Waals surface area contributed by atoms with Gasteiger partial charge in [0.2, 0.25) is 11.8 Å². The van der Waals surface area contributed by atoms with E-state index in [0.717, 1.165) is 17.5 Å². The third kappa shape index (κ3) is 6.84. The summed E-state index contributed by atoms with van der Waals surface area (Å²) < 4.78 is 0. The second kappa shape index (κ2) is 10.1. The Labute approximate surface area is 169 Å². The van der Waals surface area contributed by atoms with Crippen molar-refractivity contribution in [2.24, 2.45) is 0 Å². The van der Waals surface area contributed by atoms with Crippen molar-refractivity contribution >= 4 is 11.8 Å². The second-order valence-electron chi connectivity index (χ2n) is 8.15. The van der Waals surface area contributed by atoms with Crippen LogP contribution >= 0.6 is 0 Å². The molecule has 4 heteroatoms. The maximum atomic E-state index is 13.2. The molecule has 1 N–H and O–H groups in total. The van der Waals surface area contributed by atoms with Crippen molar-refractivity contribution in [2.75, 3.05) is 6.54 Å². The van der Waals surface area contributed by atoms with Crippen LogP contribution in [0, 0.1) is 0 Å². The van der Waals surface area contributed by atoms with E-state index in [2.05, 4.69) is 17.4 Å². The number of carbonyl (C=O) groups excluding carboxylic acids is 2. The molecule has 1 atom stereocenters. The van der Waals surface area contributed by atoms with E-state index in [1.165, 1.54) is 0 Å². The Morgan fingerprint density at radius 1 is 0.929 bits per heavy atom. The van der Waals surface area contributed by atoms with Crippen LogP contribution in [0.25, 0.3) is 0 Å². The molecule has 2 rings (SSSR count). The Hall–Kier alpha value is -2.62. The zero-order chi connectivity index (χ0) is 20.6. The quantitative estimate of drug-likeness (QED) is 0.753. The number of hydrogen-bond acceptors (Lipinski definition) is 2. The lowest BCUT2D eigenvalue weighted by molar-refractivity contribution is -0.140. The number of nitrogens with one attached hydrogen (secondary N) is 1. The summed E-state index contributed by atoms with van der Waals surface area (Å²) in [6.45, 7) is 8.34. The lowest BCUT2D eigenvalue weighted by Gasteiger charge is -2.33. The fourth-order valence-corrected chi connectivity index (χ4v) is 3.22. The molecule has 0 fully saturated rings. The van der Waals surface area contributed by atoms with Crippen molar-refractivity contribution < 1.29 is 9.59 Å². The molecule has 4 nitrogen and oxygen atoms in total. The number of nitrogens with zero attached hydrogens (tertiary/aromatic N) is 1. The monoisotopic (exact) mass is 380 g/mol. The van der Waals surface area contributed by atoms with E-state index in [4.69, 9.17) is 0 Å². The first-order chi connectivity index (χ1) is 13.3. The van der Waals surface area contributed by atoms with E-state index in [9.17, 15) is 9.59 Å². The van der Waals surface area contributed by atoms with Crippen LogP contribution in [0.5, 0.6) is 0 Å². The molecule has 2 aromatic rings. The number of hydrogen-bond donors (Lipinski definition) is 1. The Morgan fingerprint density at radius 2 is 1.46 bits per heavy atom. The lowest BCUT2D eigenvalue weighted by atomic mass is 10.0. The summed E-state index contributed by atoms with van der Waals surface area (Å²) in [6, 6.07) is 19.3. The predicted molar refractivity (Wildman–Crippen MR) is 114 cm³/mol. The summed E-state index contributed by atoms with van der Waals surface area (Å²) in [5, 5.41) is 3.03. The highest BCUT2D eigenvalue weighted by atomic mass is 16.2. The van der Waals surface area contributed by atoms with Crippen molar-refractivity contribution in [3.05, 3.63) is 71.8 Å².